The highest BCUT2D eigenvalue weighted by Crippen LogP contribution is 2.10. The standard InChI is InChI=1S/C15H21NO2/c1-3-13-4-6-14(7-5-13)15(17)10-16-8-9-18-11-12(16)2/h4-7,12H,3,8-11H2,1-2H3. The molecule has 1 aliphatic rings. The number of hydrogen-bond acceptors (Lipinski definition) is 3. The van der Waals surface area contributed by atoms with Gasteiger partial charge in [-0.25, -0.2) is 0 Å². The van der Waals surface area contributed by atoms with Crippen LogP contribution in [0.15, 0.2) is 24.3 Å². The van der Waals surface area contributed by atoms with Gasteiger partial charge in [0.15, 0.2) is 5.78 Å². The molecule has 3 heteroatoms. The highest BCUT2D eigenvalue weighted by atomic mass is 16.5. The Morgan fingerprint density at radius 2 is 2.11 bits per heavy atom. The lowest BCUT2D eigenvalue weighted by Gasteiger charge is -2.32. The fourth-order valence-electron chi connectivity index (χ4n) is 2.20. The van der Waals surface area contributed by atoms with Crippen LogP contribution in [-0.2, 0) is 11.2 Å². The number of benzene rings is 1. The number of carbonyl (C=O) groups excluding carboxylic acids is 1. The minimum absolute atomic E-state index is 0.200. The topological polar surface area (TPSA) is 29.5 Å². The number of rotatable bonds is 4. The van der Waals surface area contributed by atoms with Crippen molar-refractivity contribution in [2.24, 2.45) is 0 Å². The van der Waals surface area contributed by atoms with E-state index in [4.69, 9.17) is 4.74 Å². The minimum Gasteiger partial charge on any atom is -0.379 e. The largest absolute Gasteiger partial charge is 0.379 e. The Balaban J connectivity index is 1.97. The summed E-state index contributed by atoms with van der Waals surface area (Å²) in [6.45, 7) is 7.02. The Kier molecular flexibility index (Phi) is 4.50. The van der Waals surface area contributed by atoms with Gasteiger partial charge in [0.25, 0.3) is 0 Å². The zero-order valence-electron chi connectivity index (χ0n) is 11.2. The van der Waals surface area contributed by atoms with Crippen LogP contribution in [0.1, 0.15) is 29.8 Å². The summed E-state index contributed by atoms with van der Waals surface area (Å²) in [5, 5.41) is 0. The Hall–Kier alpha value is -1.19. The highest BCUT2D eigenvalue weighted by molar-refractivity contribution is 5.97. The smallest absolute Gasteiger partial charge is 0.176 e. The van der Waals surface area contributed by atoms with Crippen LogP contribution in [0.4, 0.5) is 0 Å². The van der Waals surface area contributed by atoms with Crippen LogP contribution in [0.2, 0.25) is 0 Å². The molecule has 0 amide bonds. The van der Waals surface area contributed by atoms with Crippen molar-refractivity contribution in [1.29, 1.82) is 0 Å². The van der Waals surface area contributed by atoms with Gasteiger partial charge in [-0.3, -0.25) is 9.69 Å². The van der Waals surface area contributed by atoms with Gasteiger partial charge in [0.05, 0.1) is 19.8 Å². The molecule has 1 heterocycles. The summed E-state index contributed by atoms with van der Waals surface area (Å²) in [4.78, 5) is 14.4. The summed E-state index contributed by atoms with van der Waals surface area (Å²) in [5.41, 5.74) is 2.08. The molecule has 0 aliphatic carbocycles. The average Bonchev–Trinajstić information content (AvgIpc) is 2.41. The maximum atomic E-state index is 12.2. The number of carbonyl (C=O) groups is 1. The van der Waals surface area contributed by atoms with Crippen molar-refractivity contribution in [2.75, 3.05) is 26.3 Å². The number of Topliss-reactive ketones (excluding diaryl/α,β-unsaturated/α-hetero) is 1. The molecule has 1 atom stereocenters. The third-order valence-electron chi connectivity index (χ3n) is 3.54. The van der Waals surface area contributed by atoms with Crippen molar-refractivity contribution < 1.29 is 9.53 Å². The van der Waals surface area contributed by atoms with Gasteiger partial charge in [-0.05, 0) is 18.9 Å². The highest BCUT2D eigenvalue weighted by Gasteiger charge is 2.21. The first-order chi connectivity index (χ1) is 8.70. The summed E-state index contributed by atoms with van der Waals surface area (Å²) >= 11 is 0. The fraction of sp³-hybridized carbons (Fsp3) is 0.533. The summed E-state index contributed by atoms with van der Waals surface area (Å²) < 4.78 is 5.38. The van der Waals surface area contributed by atoms with E-state index in [0.717, 1.165) is 31.7 Å². The zero-order chi connectivity index (χ0) is 13.0. The third kappa shape index (κ3) is 3.18. The molecule has 0 radical (unpaired) electrons. The Bertz CT molecular complexity index is 399. The lowest BCUT2D eigenvalue weighted by atomic mass is 10.1. The van der Waals surface area contributed by atoms with Crippen molar-refractivity contribution in [1.82, 2.24) is 4.90 Å². The molecule has 1 unspecified atom stereocenters. The van der Waals surface area contributed by atoms with Crippen molar-refractivity contribution >= 4 is 5.78 Å². The molecule has 0 saturated carbocycles. The summed E-state index contributed by atoms with van der Waals surface area (Å²) in [6, 6.07) is 8.28. The molecular weight excluding hydrogens is 226 g/mol. The number of ether oxygens (including phenoxy) is 1. The van der Waals surface area contributed by atoms with E-state index in [1.807, 2.05) is 24.3 Å². The van der Waals surface area contributed by atoms with Crippen LogP contribution in [0, 0.1) is 0 Å². The maximum absolute atomic E-state index is 12.2. The Morgan fingerprint density at radius 1 is 1.39 bits per heavy atom. The summed E-state index contributed by atoms with van der Waals surface area (Å²) in [5.74, 6) is 0.200. The second-order valence-electron chi connectivity index (χ2n) is 4.87. The molecule has 1 saturated heterocycles. The average molecular weight is 247 g/mol. The molecule has 1 fully saturated rings. The van der Waals surface area contributed by atoms with Crippen molar-refractivity contribution in [3.8, 4) is 0 Å². The second-order valence-corrected chi connectivity index (χ2v) is 4.87. The molecule has 0 bridgehead atoms. The molecule has 3 nitrogen and oxygen atoms in total. The Labute approximate surface area is 109 Å². The van der Waals surface area contributed by atoms with Crippen LogP contribution < -0.4 is 0 Å². The van der Waals surface area contributed by atoms with Gasteiger partial charge in [0.2, 0.25) is 0 Å². The van der Waals surface area contributed by atoms with E-state index in [1.165, 1.54) is 5.56 Å². The van der Waals surface area contributed by atoms with Crippen LogP contribution in [0.5, 0.6) is 0 Å². The summed E-state index contributed by atoms with van der Waals surface area (Å²) in [6.07, 6.45) is 1.01. The molecule has 98 valence electrons. The van der Waals surface area contributed by atoms with Gasteiger partial charge in [-0.15, -0.1) is 0 Å². The van der Waals surface area contributed by atoms with Crippen molar-refractivity contribution in [3.63, 3.8) is 0 Å². The lowest BCUT2D eigenvalue weighted by molar-refractivity contribution is 0.00201. The Morgan fingerprint density at radius 3 is 2.72 bits per heavy atom. The van der Waals surface area contributed by atoms with E-state index >= 15 is 0 Å². The molecular formula is C15H21NO2. The first-order valence-corrected chi connectivity index (χ1v) is 6.64. The van der Waals surface area contributed by atoms with E-state index in [9.17, 15) is 4.79 Å². The van der Waals surface area contributed by atoms with Gasteiger partial charge < -0.3 is 4.74 Å². The molecule has 0 spiro atoms. The van der Waals surface area contributed by atoms with Crippen molar-refractivity contribution in [3.05, 3.63) is 35.4 Å². The predicted molar refractivity (Wildman–Crippen MR) is 72.0 cm³/mol. The van der Waals surface area contributed by atoms with Gasteiger partial charge in [-0.2, -0.15) is 0 Å². The van der Waals surface area contributed by atoms with Gasteiger partial charge in [0.1, 0.15) is 0 Å². The normalized spacial score (nSPS) is 20.9. The van der Waals surface area contributed by atoms with Crippen LogP contribution in [-0.4, -0.2) is 43.0 Å². The third-order valence-corrected chi connectivity index (χ3v) is 3.54. The first-order valence-electron chi connectivity index (χ1n) is 6.64. The monoisotopic (exact) mass is 247 g/mol. The number of ketones is 1. The zero-order valence-corrected chi connectivity index (χ0v) is 11.2. The fourth-order valence-corrected chi connectivity index (χ4v) is 2.20. The van der Waals surface area contributed by atoms with E-state index < -0.39 is 0 Å². The van der Waals surface area contributed by atoms with E-state index in [2.05, 4.69) is 18.7 Å². The first kappa shape index (κ1) is 13.2. The number of nitrogens with zero attached hydrogens (tertiary/aromatic N) is 1. The molecule has 0 aromatic heterocycles. The SMILES string of the molecule is CCc1ccc(C(=O)CN2CCOCC2C)cc1. The second kappa shape index (κ2) is 6.12. The number of morpholine rings is 1. The quantitative estimate of drug-likeness (QED) is 0.764. The minimum atomic E-state index is 0.200. The van der Waals surface area contributed by atoms with Crippen LogP contribution in [0.3, 0.4) is 0 Å². The maximum Gasteiger partial charge on any atom is 0.176 e. The van der Waals surface area contributed by atoms with E-state index in [1.54, 1.807) is 0 Å². The van der Waals surface area contributed by atoms with Gasteiger partial charge in [0, 0.05) is 18.2 Å². The van der Waals surface area contributed by atoms with Crippen molar-refractivity contribution in [2.45, 2.75) is 26.3 Å². The van der Waals surface area contributed by atoms with Gasteiger partial charge >= 0.3 is 0 Å². The van der Waals surface area contributed by atoms with Gasteiger partial charge in [-0.1, -0.05) is 31.2 Å². The lowest BCUT2D eigenvalue weighted by Crippen LogP contribution is -2.45. The predicted octanol–water partition coefficient (Wildman–Crippen LogP) is 2.15. The molecule has 1 aromatic carbocycles. The molecule has 1 aromatic rings. The van der Waals surface area contributed by atoms with Crippen LogP contribution >= 0.6 is 0 Å². The summed E-state index contributed by atoms with van der Waals surface area (Å²) in [7, 11) is 0. The van der Waals surface area contributed by atoms with E-state index in [0.29, 0.717) is 12.6 Å². The molecule has 18 heavy (non-hydrogen) atoms. The number of aryl methyl sites for hydroxylation is 1. The molecule has 0 N–H and O–H groups in total. The van der Waals surface area contributed by atoms with Crippen LogP contribution in [0.25, 0.3) is 0 Å². The van der Waals surface area contributed by atoms with E-state index in [-0.39, 0.29) is 5.78 Å². The number of hydrogen-bond donors (Lipinski definition) is 0. The molecule has 1 aliphatic heterocycles. The molecule has 2 rings (SSSR count).